The van der Waals surface area contributed by atoms with Crippen LogP contribution in [0.3, 0.4) is 0 Å². The zero-order valence-corrected chi connectivity index (χ0v) is 21.5. The number of para-hydroxylation sites is 1. The number of hydrogen-bond donors (Lipinski definition) is 1. The van der Waals surface area contributed by atoms with Crippen LogP contribution in [0.4, 0.5) is 16.3 Å². The van der Waals surface area contributed by atoms with Crippen LogP contribution >= 0.6 is 11.3 Å². The molecule has 7 heteroatoms. The number of urea groups is 1. The number of piperazine rings is 1. The molecule has 1 fully saturated rings. The monoisotopic (exact) mass is 477 g/mol. The van der Waals surface area contributed by atoms with Crippen molar-refractivity contribution in [3.63, 3.8) is 0 Å². The summed E-state index contributed by atoms with van der Waals surface area (Å²) in [5.41, 5.74) is 3.55. The second kappa shape index (κ2) is 9.53. The van der Waals surface area contributed by atoms with Crippen molar-refractivity contribution in [1.82, 2.24) is 14.9 Å². The van der Waals surface area contributed by atoms with Gasteiger partial charge in [-0.1, -0.05) is 45.9 Å². The van der Waals surface area contributed by atoms with E-state index in [-0.39, 0.29) is 11.9 Å². The molecule has 0 saturated carbocycles. The summed E-state index contributed by atoms with van der Waals surface area (Å²) in [6, 6.07) is 8.03. The van der Waals surface area contributed by atoms with Gasteiger partial charge in [0.25, 0.3) is 0 Å². The summed E-state index contributed by atoms with van der Waals surface area (Å²) in [7, 11) is 0. The summed E-state index contributed by atoms with van der Waals surface area (Å²) in [5, 5.41) is 4.39. The van der Waals surface area contributed by atoms with Crippen LogP contribution in [0.5, 0.6) is 0 Å². The largest absolute Gasteiger partial charge is 0.352 e. The van der Waals surface area contributed by atoms with Gasteiger partial charge < -0.3 is 15.1 Å². The number of benzene rings is 1. The van der Waals surface area contributed by atoms with E-state index in [0.717, 1.165) is 66.0 Å². The lowest BCUT2D eigenvalue weighted by atomic mass is 9.89. The van der Waals surface area contributed by atoms with E-state index in [1.165, 1.54) is 22.2 Å². The average Bonchev–Trinajstić information content (AvgIpc) is 3.21. The molecule has 5 rings (SSSR count). The minimum absolute atomic E-state index is 0.0156. The molecule has 0 spiro atoms. The zero-order valence-electron chi connectivity index (χ0n) is 20.7. The Hall–Kier alpha value is -2.67. The first-order valence-electron chi connectivity index (χ1n) is 12.7. The van der Waals surface area contributed by atoms with Crippen LogP contribution in [0, 0.1) is 5.92 Å². The van der Waals surface area contributed by atoms with Crippen molar-refractivity contribution < 1.29 is 4.79 Å². The summed E-state index contributed by atoms with van der Waals surface area (Å²) >= 11 is 1.87. The number of carbonyl (C=O) groups is 1. The van der Waals surface area contributed by atoms with E-state index in [1.54, 1.807) is 0 Å². The highest BCUT2D eigenvalue weighted by atomic mass is 32.1. The van der Waals surface area contributed by atoms with Crippen molar-refractivity contribution in [2.24, 2.45) is 5.92 Å². The number of thiophene rings is 1. The molecule has 0 bridgehead atoms. The molecule has 2 amide bonds. The first kappa shape index (κ1) is 23.1. The van der Waals surface area contributed by atoms with Crippen molar-refractivity contribution in [1.29, 1.82) is 0 Å². The highest BCUT2D eigenvalue weighted by Gasteiger charge is 2.29. The predicted molar refractivity (Wildman–Crippen MR) is 141 cm³/mol. The van der Waals surface area contributed by atoms with Gasteiger partial charge in [-0.05, 0) is 48.8 Å². The summed E-state index contributed by atoms with van der Waals surface area (Å²) in [4.78, 5) is 30.0. The number of aromatic nitrogens is 2. The Morgan fingerprint density at radius 3 is 2.68 bits per heavy atom. The highest BCUT2D eigenvalue weighted by Crippen LogP contribution is 2.41. The lowest BCUT2D eigenvalue weighted by Gasteiger charge is -2.36. The molecule has 6 nitrogen and oxygen atoms in total. The van der Waals surface area contributed by atoms with E-state index in [0.29, 0.717) is 13.1 Å². The second-order valence-corrected chi connectivity index (χ2v) is 11.1. The Morgan fingerprint density at radius 1 is 1.18 bits per heavy atom. The molecule has 3 aromatic rings. The number of carbonyl (C=O) groups excluding carboxylic acids is 1. The van der Waals surface area contributed by atoms with Crippen molar-refractivity contribution in [3.05, 3.63) is 46.1 Å². The fourth-order valence-electron chi connectivity index (χ4n) is 5.09. The average molecular weight is 478 g/mol. The molecule has 2 aromatic heterocycles. The standard InChI is InChI=1S/C27H35N5OS/c1-5-19-8-6-7-9-21(19)28-27(33)32-14-12-31(13-15-32)25-23-20-11-10-18(4)16-22(20)34-26(23)30-24(29-25)17(2)3/h6-9,17-18H,5,10-16H2,1-4H3,(H,28,33). The third-order valence-electron chi connectivity index (χ3n) is 7.18. The van der Waals surface area contributed by atoms with Crippen molar-refractivity contribution in [2.75, 3.05) is 36.4 Å². The van der Waals surface area contributed by atoms with Crippen molar-refractivity contribution in [2.45, 2.75) is 59.3 Å². The Bertz CT molecular complexity index is 1200. The van der Waals surface area contributed by atoms with E-state index in [4.69, 9.17) is 9.97 Å². The van der Waals surface area contributed by atoms with E-state index < -0.39 is 0 Å². The lowest BCUT2D eigenvalue weighted by Crippen LogP contribution is -2.50. The molecule has 1 unspecified atom stereocenters. The van der Waals surface area contributed by atoms with E-state index in [2.05, 4.69) is 44.0 Å². The lowest BCUT2D eigenvalue weighted by molar-refractivity contribution is 0.208. The Kier molecular flexibility index (Phi) is 6.47. The maximum Gasteiger partial charge on any atom is 0.321 e. The molecule has 180 valence electrons. The normalized spacial score (nSPS) is 18.4. The molecule has 1 aliphatic carbocycles. The van der Waals surface area contributed by atoms with Gasteiger partial charge in [0, 0.05) is 42.7 Å². The van der Waals surface area contributed by atoms with Crippen molar-refractivity contribution in [3.8, 4) is 0 Å². The van der Waals surface area contributed by atoms with Gasteiger partial charge in [-0.3, -0.25) is 0 Å². The molecule has 2 aliphatic rings. The van der Waals surface area contributed by atoms with Crippen LogP contribution in [0.15, 0.2) is 24.3 Å². The van der Waals surface area contributed by atoms with Gasteiger partial charge >= 0.3 is 6.03 Å². The fraction of sp³-hybridized carbons (Fsp3) is 0.519. The highest BCUT2D eigenvalue weighted by molar-refractivity contribution is 7.19. The molecule has 1 saturated heterocycles. The molecule has 1 atom stereocenters. The van der Waals surface area contributed by atoms with Gasteiger partial charge in [0.1, 0.15) is 16.5 Å². The molecule has 34 heavy (non-hydrogen) atoms. The van der Waals surface area contributed by atoms with E-state index in [1.807, 2.05) is 34.4 Å². The maximum absolute atomic E-state index is 13.0. The number of amides is 2. The third kappa shape index (κ3) is 4.38. The first-order chi connectivity index (χ1) is 16.4. The van der Waals surface area contributed by atoms with Crippen LogP contribution in [-0.2, 0) is 19.3 Å². The molecular weight excluding hydrogens is 442 g/mol. The molecular formula is C27H35N5OS. The molecule has 3 heterocycles. The van der Waals surface area contributed by atoms with E-state index >= 15 is 0 Å². The van der Waals surface area contributed by atoms with Gasteiger partial charge in [-0.25, -0.2) is 14.8 Å². The Labute approximate surface area is 206 Å². The number of aryl methyl sites for hydroxylation is 2. The van der Waals surface area contributed by atoms with Crippen LogP contribution in [-0.4, -0.2) is 47.1 Å². The van der Waals surface area contributed by atoms with Crippen LogP contribution in [0.1, 0.15) is 61.9 Å². The number of fused-ring (bicyclic) bond motifs is 3. The van der Waals surface area contributed by atoms with Gasteiger partial charge in [-0.15, -0.1) is 11.3 Å². The molecule has 1 N–H and O–H groups in total. The molecule has 0 radical (unpaired) electrons. The SMILES string of the molecule is CCc1ccccc1NC(=O)N1CCN(c2nc(C(C)C)nc3sc4c(c23)CCC(C)C4)CC1. The molecule has 1 aliphatic heterocycles. The number of rotatable bonds is 4. The topological polar surface area (TPSA) is 61.4 Å². The number of nitrogens with one attached hydrogen (secondary N) is 1. The first-order valence-corrected chi connectivity index (χ1v) is 13.5. The summed E-state index contributed by atoms with van der Waals surface area (Å²) in [6.45, 7) is 11.7. The van der Waals surface area contributed by atoms with Gasteiger partial charge in [0.05, 0.1) is 5.39 Å². The number of nitrogens with zero attached hydrogens (tertiary/aromatic N) is 4. The summed E-state index contributed by atoms with van der Waals surface area (Å²) in [6.07, 6.45) is 4.40. The van der Waals surface area contributed by atoms with Crippen LogP contribution in [0.25, 0.3) is 10.2 Å². The minimum atomic E-state index is -0.0156. The van der Waals surface area contributed by atoms with Gasteiger partial charge in [0.15, 0.2) is 0 Å². The minimum Gasteiger partial charge on any atom is -0.352 e. The van der Waals surface area contributed by atoms with Crippen LogP contribution < -0.4 is 10.2 Å². The second-order valence-electron chi connectivity index (χ2n) is 10.0. The molecule has 1 aromatic carbocycles. The van der Waals surface area contributed by atoms with Crippen LogP contribution in [0.2, 0.25) is 0 Å². The Morgan fingerprint density at radius 2 is 1.94 bits per heavy atom. The quantitative estimate of drug-likeness (QED) is 0.512. The van der Waals surface area contributed by atoms with Gasteiger partial charge in [0.2, 0.25) is 0 Å². The van der Waals surface area contributed by atoms with E-state index in [9.17, 15) is 4.79 Å². The smallest absolute Gasteiger partial charge is 0.321 e. The Balaban J connectivity index is 1.37. The zero-order chi connectivity index (χ0) is 23.8. The fourth-order valence-corrected chi connectivity index (χ4v) is 6.48. The maximum atomic E-state index is 13.0. The summed E-state index contributed by atoms with van der Waals surface area (Å²) < 4.78 is 0. The van der Waals surface area contributed by atoms with Gasteiger partial charge in [-0.2, -0.15) is 0 Å². The summed E-state index contributed by atoms with van der Waals surface area (Å²) in [5.74, 6) is 3.02. The third-order valence-corrected chi connectivity index (χ3v) is 8.32. The number of anilines is 2. The number of hydrogen-bond acceptors (Lipinski definition) is 5. The predicted octanol–water partition coefficient (Wildman–Crippen LogP) is 5.86. The van der Waals surface area contributed by atoms with Crippen molar-refractivity contribution >= 4 is 39.1 Å².